The number of nitrogens with zero attached hydrogens (tertiary/aromatic N) is 2. The Kier molecular flexibility index (Phi) is 2.33. The maximum atomic E-state index is 12.9. The zero-order valence-electron chi connectivity index (χ0n) is 8.24. The lowest BCUT2D eigenvalue weighted by molar-refractivity contribution is 0.627. The zero-order chi connectivity index (χ0) is 10.8. The molecule has 0 aliphatic carbocycles. The van der Waals surface area contributed by atoms with Crippen LogP contribution in [-0.2, 0) is 0 Å². The molecular formula is C11H10FN3. The van der Waals surface area contributed by atoms with Crippen molar-refractivity contribution in [1.82, 2.24) is 9.97 Å². The summed E-state index contributed by atoms with van der Waals surface area (Å²) < 4.78 is 12.9. The summed E-state index contributed by atoms with van der Waals surface area (Å²) >= 11 is 0. The lowest BCUT2D eigenvalue weighted by atomic mass is 10.1. The molecule has 2 aromatic rings. The molecule has 2 rings (SSSR count). The summed E-state index contributed by atoms with van der Waals surface area (Å²) in [6, 6.07) is 6.30. The highest BCUT2D eigenvalue weighted by atomic mass is 19.1. The first-order valence-corrected chi connectivity index (χ1v) is 4.52. The second kappa shape index (κ2) is 3.65. The Morgan fingerprint density at radius 1 is 1.27 bits per heavy atom. The summed E-state index contributed by atoms with van der Waals surface area (Å²) in [6.07, 6.45) is 1.58. The predicted octanol–water partition coefficient (Wildman–Crippen LogP) is 2.17. The molecule has 3 nitrogen and oxygen atoms in total. The quantitative estimate of drug-likeness (QED) is 0.772. The van der Waals surface area contributed by atoms with Crippen molar-refractivity contribution < 1.29 is 4.39 Å². The first-order valence-electron chi connectivity index (χ1n) is 4.52. The van der Waals surface area contributed by atoms with Crippen LogP contribution in [0.25, 0.3) is 11.3 Å². The normalized spacial score (nSPS) is 10.3. The van der Waals surface area contributed by atoms with Crippen LogP contribution in [0.1, 0.15) is 5.56 Å². The fourth-order valence-electron chi connectivity index (χ4n) is 1.44. The summed E-state index contributed by atoms with van der Waals surface area (Å²) in [4.78, 5) is 7.88. The molecule has 76 valence electrons. The van der Waals surface area contributed by atoms with E-state index in [9.17, 15) is 4.39 Å². The van der Waals surface area contributed by atoms with Crippen LogP contribution in [0.4, 0.5) is 10.3 Å². The van der Waals surface area contributed by atoms with Crippen LogP contribution >= 0.6 is 0 Å². The van der Waals surface area contributed by atoms with Crippen molar-refractivity contribution in [2.45, 2.75) is 6.92 Å². The molecule has 0 fully saturated rings. The molecule has 0 unspecified atom stereocenters. The molecule has 1 aromatic carbocycles. The van der Waals surface area contributed by atoms with Gasteiger partial charge < -0.3 is 5.73 Å². The number of hydrogen-bond acceptors (Lipinski definition) is 3. The number of aryl methyl sites for hydroxylation is 1. The van der Waals surface area contributed by atoms with Crippen molar-refractivity contribution in [3.05, 3.63) is 41.8 Å². The van der Waals surface area contributed by atoms with Gasteiger partial charge in [0.15, 0.2) is 0 Å². The van der Waals surface area contributed by atoms with Gasteiger partial charge in [-0.2, -0.15) is 0 Å². The molecule has 0 saturated heterocycles. The Balaban J connectivity index is 2.54. The second-order valence-electron chi connectivity index (χ2n) is 3.26. The van der Waals surface area contributed by atoms with E-state index in [1.54, 1.807) is 18.3 Å². The first kappa shape index (κ1) is 9.58. The molecule has 0 saturated carbocycles. The molecule has 0 amide bonds. The third-order valence-electron chi connectivity index (χ3n) is 2.14. The summed E-state index contributed by atoms with van der Waals surface area (Å²) in [5, 5.41) is 0. The molecular weight excluding hydrogens is 193 g/mol. The summed E-state index contributed by atoms with van der Waals surface area (Å²) in [6.45, 7) is 1.83. The molecule has 0 spiro atoms. The highest BCUT2D eigenvalue weighted by molar-refractivity contribution is 5.63. The minimum atomic E-state index is -0.252. The van der Waals surface area contributed by atoms with Gasteiger partial charge in [-0.15, -0.1) is 0 Å². The van der Waals surface area contributed by atoms with E-state index >= 15 is 0 Å². The smallest absolute Gasteiger partial charge is 0.220 e. The van der Waals surface area contributed by atoms with E-state index in [0.717, 1.165) is 11.1 Å². The average Bonchev–Trinajstić information content (AvgIpc) is 2.17. The third-order valence-corrected chi connectivity index (χ3v) is 2.14. The highest BCUT2D eigenvalue weighted by Crippen LogP contribution is 2.21. The van der Waals surface area contributed by atoms with Crippen LogP contribution in [0.2, 0.25) is 0 Å². The van der Waals surface area contributed by atoms with Gasteiger partial charge in [-0.1, -0.05) is 0 Å². The number of hydrogen-bond donors (Lipinski definition) is 1. The van der Waals surface area contributed by atoms with E-state index < -0.39 is 0 Å². The summed E-state index contributed by atoms with van der Waals surface area (Å²) in [7, 11) is 0. The molecule has 0 atom stereocenters. The topological polar surface area (TPSA) is 51.8 Å². The van der Waals surface area contributed by atoms with Crippen LogP contribution in [0.5, 0.6) is 0 Å². The number of anilines is 1. The Morgan fingerprint density at radius 3 is 2.73 bits per heavy atom. The van der Waals surface area contributed by atoms with Gasteiger partial charge in [0.2, 0.25) is 5.95 Å². The fourth-order valence-corrected chi connectivity index (χ4v) is 1.44. The molecule has 1 aromatic heterocycles. The van der Waals surface area contributed by atoms with Gasteiger partial charge in [-0.25, -0.2) is 14.4 Å². The average molecular weight is 203 g/mol. The Bertz CT molecular complexity index is 497. The lowest BCUT2D eigenvalue weighted by Crippen LogP contribution is -1.96. The Hall–Kier alpha value is -1.97. The van der Waals surface area contributed by atoms with Gasteiger partial charge in [0.25, 0.3) is 0 Å². The van der Waals surface area contributed by atoms with Crippen molar-refractivity contribution in [3.63, 3.8) is 0 Å². The summed E-state index contributed by atoms with van der Waals surface area (Å²) in [5.74, 6) is -0.0329. The van der Waals surface area contributed by atoms with Crippen molar-refractivity contribution in [1.29, 1.82) is 0 Å². The van der Waals surface area contributed by atoms with Crippen LogP contribution < -0.4 is 5.73 Å². The van der Waals surface area contributed by atoms with Gasteiger partial charge in [0, 0.05) is 11.8 Å². The summed E-state index contributed by atoms with van der Waals surface area (Å²) in [5.41, 5.74) is 7.88. The highest BCUT2D eigenvalue weighted by Gasteiger charge is 2.04. The van der Waals surface area contributed by atoms with Crippen LogP contribution in [0.3, 0.4) is 0 Å². The van der Waals surface area contributed by atoms with Gasteiger partial charge in [-0.3, -0.25) is 0 Å². The van der Waals surface area contributed by atoms with Crippen LogP contribution in [0, 0.1) is 12.7 Å². The minimum absolute atomic E-state index is 0.219. The van der Waals surface area contributed by atoms with E-state index in [1.807, 2.05) is 6.92 Å². The van der Waals surface area contributed by atoms with E-state index in [1.165, 1.54) is 12.1 Å². The van der Waals surface area contributed by atoms with Crippen LogP contribution in [0.15, 0.2) is 30.5 Å². The largest absolute Gasteiger partial charge is 0.368 e. The number of nitrogens with two attached hydrogens (primary N) is 1. The maximum Gasteiger partial charge on any atom is 0.220 e. The number of aromatic nitrogens is 2. The fraction of sp³-hybridized carbons (Fsp3) is 0.0909. The van der Waals surface area contributed by atoms with E-state index in [2.05, 4.69) is 9.97 Å². The van der Waals surface area contributed by atoms with Gasteiger partial charge >= 0.3 is 0 Å². The molecule has 0 aliphatic rings. The molecule has 15 heavy (non-hydrogen) atoms. The second-order valence-corrected chi connectivity index (χ2v) is 3.26. The van der Waals surface area contributed by atoms with Crippen molar-refractivity contribution in [3.8, 4) is 11.3 Å². The number of benzene rings is 1. The van der Waals surface area contributed by atoms with Crippen molar-refractivity contribution in [2.75, 3.05) is 5.73 Å². The Labute approximate surface area is 86.8 Å². The van der Waals surface area contributed by atoms with Crippen LogP contribution in [-0.4, -0.2) is 9.97 Å². The van der Waals surface area contributed by atoms with Crippen molar-refractivity contribution in [2.24, 2.45) is 0 Å². The Morgan fingerprint density at radius 2 is 2.07 bits per heavy atom. The lowest BCUT2D eigenvalue weighted by Gasteiger charge is -2.05. The minimum Gasteiger partial charge on any atom is -0.368 e. The first-order chi connectivity index (χ1) is 7.16. The predicted molar refractivity (Wildman–Crippen MR) is 56.6 cm³/mol. The van der Waals surface area contributed by atoms with E-state index in [-0.39, 0.29) is 11.8 Å². The standard InChI is InChI=1S/C11H10FN3/c1-7-6-8(12)2-3-9(7)10-4-5-14-11(13)15-10/h2-6H,1H3,(H2,13,14,15). The van der Waals surface area contributed by atoms with E-state index in [0.29, 0.717) is 5.69 Å². The molecule has 0 radical (unpaired) electrons. The number of halogens is 1. The number of rotatable bonds is 1. The third kappa shape index (κ3) is 1.93. The zero-order valence-corrected chi connectivity index (χ0v) is 8.24. The maximum absolute atomic E-state index is 12.9. The van der Waals surface area contributed by atoms with Gasteiger partial charge in [-0.05, 0) is 36.8 Å². The SMILES string of the molecule is Cc1cc(F)ccc1-c1ccnc(N)n1. The van der Waals surface area contributed by atoms with Crippen molar-refractivity contribution >= 4 is 5.95 Å². The van der Waals surface area contributed by atoms with Gasteiger partial charge in [0.05, 0.1) is 5.69 Å². The molecule has 0 aliphatic heterocycles. The monoisotopic (exact) mass is 203 g/mol. The van der Waals surface area contributed by atoms with E-state index in [4.69, 9.17) is 5.73 Å². The van der Waals surface area contributed by atoms with Gasteiger partial charge in [0.1, 0.15) is 5.82 Å². The molecule has 1 heterocycles. The molecule has 2 N–H and O–H groups in total. The molecule has 0 bridgehead atoms. The molecule has 4 heteroatoms. The number of nitrogen functional groups attached to an aromatic ring is 1.